The van der Waals surface area contributed by atoms with E-state index in [0.29, 0.717) is 23.5 Å². The monoisotopic (exact) mass is 297 g/mol. The summed E-state index contributed by atoms with van der Waals surface area (Å²) in [6.07, 6.45) is 5.13. The summed E-state index contributed by atoms with van der Waals surface area (Å²) in [6, 6.07) is 4.96. The molecular weight excluding hydrogens is 285 g/mol. The zero-order chi connectivity index (χ0) is 12.7. The van der Waals surface area contributed by atoms with E-state index in [1.165, 1.54) is 6.07 Å². The van der Waals surface area contributed by atoms with E-state index in [2.05, 4.69) is 37.5 Å². The van der Waals surface area contributed by atoms with Crippen molar-refractivity contribution in [2.24, 2.45) is 4.99 Å². The molecular formula is C12H13BrFN3. The summed E-state index contributed by atoms with van der Waals surface area (Å²) in [4.78, 5) is 3.98. The summed E-state index contributed by atoms with van der Waals surface area (Å²) in [7, 11) is 1.65. The molecule has 0 aromatic heterocycles. The number of benzene rings is 1. The Morgan fingerprint density at radius 3 is 2.88 bits per heavy atom. The number of halogens is 2. The van der Waals surface area contributed by atoms with Crippen molar-refractivity contribution in [3.63, 3.8) is 0 Å². The van der Waals surface area contributed by atoms with Gasteiger partial charge in [0.1, 0.15) is 5.82 Å². The van der Waals surface area contributed by atoms with Gasteiger partial charge >= 0.3 is 0 Å². The van der Waals surface area contributed by atoms with Gasteiger partial charge in [0, 0.05) is 13.6 Å². The van der Waals surface area contributed by atoms with Gasteiger partial charge in [0.05, 0.1) is 11.0 Å². The lowest BCUT2D eigenvalue weighted by molar-refractivity contribution is 0.618. The highest BCUT2D eigenvalue weighted by atomic mass is 79.9. The summed E-state index contributed by atoms with van der Waals surface area (Å²) in [5.74, 6) is 2.76. The van der Waals surface area contributed by atoms with Crippen LogP contribution in [0.1, 0.15) is 5.56 Å². The van der Waals surface area contributed by atoms with E-state index in [-0.39, 0.29) is 5.82 Å². The predicted octanol–water partition coefficient (Wildman–Crippen LogP) is 1.89. The number of rotatable bonds is 3. The number of nitrogens with one attached hydrogen (secondary N) is 2. The van der Waals surface area contributed by atoms with Gasteiger partial charge in [0.2, 0.25) is 0 Å². The summed E-state index contributed by atoms with van der Waals surface area (Å²) >= 11 is 3.10. The first-order valence-electron chi connectivity index (χ1n) is 4.99. The van der Waals surface area contributed by atoms with Crippen LogP contribution in [0.3, 0.4) is 0 Å². The summed E-state index contributed by atoms with van der Waals surface area (Å²) < 4.78 is 13.7. The van der Waals surface area contributed by atoms with Crippen LogP contribution in [0.15, 0.2) is 27.7 Å². The van der Waals surface area contributed by atoms with Gasteiger partial charge in [-0.05, 0) is 33.6 Å². The van der Waals surface area contributed by atoms with Gasteiger partial charge in [0.15, 0.2) is 5.96 Å². The minimum absolute atomic E-state index is 0.282. The summed E-state index contributed by atoms with van der Waals surface area (Å²) in [5.41, 5.74) is 0.828. The van der Waals surface area contributed by atoms with Gasteiger partial charge in [0.25, 0.3) is 0 Å². The highest BCUT2D eigenvalue weighted by Crippen LogP contribution is 2.16. The van der Waals surface area contributed by atoms with Crippen LogP contribution in [-0.4, -0.2) is 19.6 Å². The average Bonchev–Trinajstić information content (AvgIpc) is 2.34. The van der Waals surface area contributed by atoms with Gasteiger partial charge in [-0.3, -0.25) is 4.99 Å². The van der Waals surface area contributed by atoms with E-state index < -0.39 is 0 Å². The molecule has 0 saturated carbocycles. The molecule has 0 unspecified atom stereocenters. The maximum atomic E-state index is 13.2. The highest BCUT2D eigenvalue weighted by Gasteiger charge is 2.01. The third kappa shape index (κ3) is 4.45. The van der Waals surface area contributed by atoms with Crippen LogP contribution >= 0.6 is 15.9 Å². The number of terminal acetylenes is 1. The Bertz CT molecular complexity index is 452. The third-order valence-corrected chi connectivity index (χ3v) is 2.67. The zero-order valence-electron chi connectivity index (χ0n) is 9.43. The Morgan fingerprint density at radius 2 is 2.29 bits per heavy atom. The Kier molecular flexibility index (Phi) is 5.50. The second kappa shape index (κ2) is 6.92. The first-order chi connectivity index (χ1) is 8.17. The van der Waals surface area contributed by atoms with E-state index in [0.717, 1.165) is 5.56 Å². The van der Waals surface area contributed by atoms with Gasteiger partial charge in [-0.1, -0.05) is 12.0 Å². The lowest BCUT2D eigenvalue weighted by Gasteiger charge is -2.10. The number of guanidine groups is 1. The molecule has 0 saturated heterocycles. The van der Waals surface area contributed by atoms with E-state index in [1.807, 2.05) is 6.07 Å². The highest BCUT2D eigenvalue weighted by molar-refractivity contribution is 9.10. The molecule has 0 radical (unpaired) electrons. The number of hydrogen-bond donors (Lipinski definition) is 2. The van der Waals surface area contributed by atoms with E-state index >= 15 is 0 Å². The number of hydrogen-bond acceptors (Lipinski definition) is 1. The minimum atomic E-state index is -0.282. The van der Waals surface area contributed by atoms with Crippen LogP contribution in [0.5, 0.6) is 0 Å². The van der Waals surface area contributed by atoms with Crippen LogP contribution in [0.4, 0.5) is 4.39 Å². The molecule has 0 aliphatic heterocycles. The molecule has 0 bridgehead atoms. The second-order valence-electron chi connectivity index (χ2n) is 3.23. The molecule has 0 fully saturated rings. The largest absolute Gasteiger partial charge is 0.352 e. The van der Waals surface area contributed by atoms with E-state index in [4.69, 9.17) is 6.42 Å². The molecule has 0 amide bonds. The fraction of sp³-hybridized carbons (Fsp3) is 0.250. The van der Waals surface area contributed by atoms with Crippen molar-refractivity contribution in [1.82, 2.24) is 10.6 Å². The molecule has 1 rings (SSSR count). The fourth-order valence-corrected chi connectivity index (χ4v) is 1.44. The topological polar surface area (TPSA) is 36.4 Å². The maximum Gasteiger partial charge on any atom is 0.192 e. The lowest BCUT2D eigenvalue weighted by Crippen LogP contribution is -2.36. The van der Waals surface area contributed by atoms with Crippen molar-refractivity contribution in [1.29, 1.82) is 0 Å². The summed E-state index contributed by atoms with van der Waals surface area (Å²) in [6.45, 7) is 0.878. The second-order valence-corrected chi connectivity index (χ2v) is 4.09. The fourth-order valence-electron chi connectivity index (χ4n) is 1.19. The molecule has 17 heavy (non-hydrogen) atoms. The van der Waals surface area contributed by atoms with Crippen LogP contribution in [0.2, 0.25) is 0 Å². The predicted molar refractivity (Wildman–Crippen MR) is 71.1 cm³/mol. The first kappa shape index (κ1) is 13.5. The molecule has 0 atom stereocenters. The van der Waals surface area contributed by atoms with E-state index in [9.17, 15) is 4.39 Å². The first-order valence-corrected chi connectivity index (χ1v) is 5.78. The number of nitrogens with zero attached hydrogens (tertiary/aromatic N) is 1. The molecule has 1 aromatic rings. The molecule has 0 aliphatic rings. The minimum Gasteiger partial charge on any atom is -0.352 e. The average molecular weight is 298 g/mol. The lowest BCUT2D eigenvalue weighted by atomic mass is 10.2. The van der Waals surface area contributed by atoms with Crippen molar-refractivity contribution in [3.05, 3.63) is 34.1 Å². The van der Waals surface area contributed by atoms with Gasteiger partial charge in [-0.2, -0.15) is 0 Å². The van der Waals surface area contributed by atoms with Crippen LogP contribution < -0.4 is 10.6 Å². The maximum absolute atomic E-state index is 13.2. The van der Waals surface area contributed by atoms with Gasteiger partial charge in [-0.25, -0.2) is 4.39 Å². The molecule has 0 heterocycles. The Hall–Kier alpha value is -1.54. The smallest absolute Gasteiger partial charge is 0.192 e. The van der Waals surface area contributed by atoms with Crippen molar-refractivity contribution < 1.29 is 4.39 Å². The normalized spacial score (nSPS) is 10.8. The molecule has 0 aliphatic carbocycles. The molecule has 1 aromatic carbocycles. The number of aliphatic imine (C=N–C) groups is 1. The van der Waals surface area contributed by atoms with Crippen molar-refractivity contribution in [2.45, 2.75) is 6.54 Å². The molecule has 3 nitrogen and oxygen atoms in total. The van der Waals surface area contributed by atoms with Crippen LogP contribution in [0.25, 0.3) is 0 Å². The molecule has 90 valence electrons. The standard InChI is InChI=1S/C12H13BrFN3/c1-3-6-16-12(15-2)17-8-9-4-5-10(13)11(14)7-9/h1,4-5,7H,6,8H2,2H3,(H2,15,16,17). The van der Waals surface area contributed by atoms with Crippen LogP contribution in [0, 0.1) is 18.2 Å². The van der Waals surface area contributed by atoms with E-state index in [1.54, 1.807) is 13.1 Å². The van der Waals surface area contributed by atoms with Crippen molar-refractivity contribution >= 4 is 21.9 Å². The quantitative estimate of drug-likeness (QED) is 0.508. The van der Waals surface area contributed by atoms with Crippen molar-refractivity contribution in [3.8, 4) is 12.3 Å². The third-order valence-electron chi connectivity index (χ3n) is 2.03. The molecule has 2 N–H and O–H groups in total. The molecule has 5 heteroatoms. The summed E-state index contributed by atoms with van der Waals surface area (Å²) in [5, 5.41) is 5.94. The Labute approximate surface area is 109 Å². The zero-order valence-corrected chi connectivity index (χ0v) is 11.0. The SMILES string of the molecule is C#CCNC(=NC)NCc1ccc(Br)c(F)c1. The Morgan fingerprint density at radius 1 is 1.53 bits per heavy atom. The van der Waals surface area contributed by atoms with Gasteiger partial charge < -0.3 is 10.6 Å². The van der Waals surface area contributed by atoms with Crippen LogP contribution in [-0.2, 0) is 6.54 Å². The Balaban J connectivity index is 2.55. The molecule has 0 spiro atoms. The van der Waals surface area contributed by atoms with Gasteiger partial charge in [-0.15, -0.1) is 6.42 Å². The van der Waals surface area contributed by atoms with Crippen molar-refractivity contribution in [2.75, 3.05) is 13.6 Å².